The van der Waals surface area contributed by atoms with Crippen LogP contribution in [0.5, 0.6) is 0 Å². The van der Waals surface area contributed by atoms with E-state index in [1.807, 2.05) is 42.6 Å². The van der Waals surface area contributed by atoms with Gasteiger partial charge in [0.15, 0.2) is 5.70 Å². The van der Waals surface area contributed by atoms with Gasteiger partial charge in [0.1, 0.15) is 0 Å². The van der Waals surface area contributed by atoms with Crippen LogP contribution in [0.4, 0.5) is 0 Å². The molecule has 2 aromatic rings. The molecule has 1 aliphatic rings. The molecular weight excluding hydrogens is 260 g/mol. The third-order valence-electron chi connectivity index (χ3n) is 2.56. The summed E-state index contributed by atoms with van der Waals surface area (Å²) < 4.78 is 5.16. The number of carbonyl (C=O) groups excluding carboxylic acids is 1. The van der Waals surface area contributed by atoms with Gasteiger partial charge in [0.2, 0.25) is 5.90 Å². The Bertz CT molecular complexity index is 686. The third-order valence-corrected chi connectivity index (χ3v) is 3.35. The van der Waals surface area contributed by atoms with Crippen molar-refractivity contribution in [3.05, 3.63) is 57.7 Å². The van der Waals surface area contributed by atoms with Gasteiger partial charge in [-0.3, -0.25) is 0 Å². The van der Waals surface area contributed by atoms with Crippen LogP contribution < -0.4 is 0 Å². The van der Waals surface area contributed by atoms with E-state index in [4.69, 9.17) is 4.74 Å². The average Bonchev–Trinajstić information content (AvgIpc) is 2.98. The van der Waals surface area contributed by atoms with E-state index in [2.05, 4.69) is 9.98 Å². The number of ether oxygens (including phenoxy) is 1. The van der Waals surface area contributed by atoms with Gasteiger partial charge in [0, 0.05) is 10.9 Å². The van der Waals surface area contributed by atoms with Crippen molar-refractivity contribution >= 4 is 29.3 Å². The van der Waals surface area contributed by atoms with E-state index in [-0.39, 0.29) is 5.70 Å². The summed E-state index contributed by atoms with van der Waals surface area (Å²) in [7, 11) is 0. The molecule has 19 heavy (non-hydrogen) atoms. The van der Waals surface area contributed by atoms with Crippen LogP contribution in [0.3, 0.4) is 0 Å². The Morgan fingerprint density at radius 1 is 1.26 bits per heavy atom. The number of hydrogen-bond donors (Lipinski definition) is 0. The molecule has 0 saturated heterocycles. The van der Waals surface area contributed by atoms with Crippen LogP contribution in [-0.4, -0.2) is 16.9 Å². The SMILES string of the molecule is Cc1nc(/C=C2\N=C(c3ccccc3)OC2=O)cs1. The maximum Gasteiger partial charge on any atom is 0.363 e. The fraction of sp³-hybridized carbons (Fsp3) is 0.0714. The summed E-state index contributed by atoms with van der Waals surface area (Å²) in [6.45, 7) is 1.91. The lowest BCUT2D eigenvalue weighted by Crippen LogP contribution is -2.04. The zero-order chi connectivity index (χ0) is 13.2. The summed E-state index contributed by atoms with van der Waals surface area (Å²) in [6, 6.07) is 9.34. The lowest BCUT2D eigenvalue weighted by Gasteiger charge is -1.97. The second-order valence-corrected chi connectivity index (χ2v) is 5.06. The van der Waals surface area contributed by atoms with E-state index < -0.39 is 5.97 Å². The molecular formula is C14H10N2O2S. The Morgan fingerprint density at radius 3 is 2.74 bits per heavy atom. The summed E-state index contributed by atoms with van der Waals surface area (Å²) in [4.78, 5) is 20.2. The predicted octanol–water partition coefficient (Wildman–Crippen LogP) is 2.80. The number of aromatic nitrogens is 1. The van der Waals surface area contributed by atoms with Gasteiger partial charge < -0.3 is 4.74 Å². The minimum absolute atomic E-state index is 0.282. The van der Waals surface area contributed by atoms with E-state index in [0.717, 1.165) is 16.3 Å². The van der Waals surface area contributed by atoms with Gasteiger partial charge in [0.05, 0.1) is 10.7 Å². The zero-order valence-electron chi connectivity index (χ0n) is 10.2. The Balaban J connectivity index is 1.94. The van der Waals surface area contributed by atoms with Crippen molar-refractivity contribution in [2.75, 3.05) is 0 Å². The van der Waals surface area contributed by atoms with Crippen molar-refractivity contribution in [2.45, 2.75) is 6.92 Å². The van der Waals surface area contributed by atoms with E-state index in [0.29, 0.717) is 5.90 Å². The van der Waals surface area contributed by atoms with Crippen LogP contribution >= 0.6 is 11.3 Å². The quantitative estimate of drug-likeness (QED) is 0.623. The average molecular weight is 270 g/mol. The van der Waals surface area contributed by atoms with Crippen LogP contribution in [0.15, 0.2) is 46.4 Å². The number of nitrogens with zero attached hydrogens (tertiary/aromatic N) is 2. The number of hydrogen-bond acceptors (Lipinski definition) is 5. The van der Waals surface area contributed by atoms with Crippen molar-refractivity contribution in [3.63, 3.8) is 0 Å². The fourth-order valence-electron chi connectivity index (χ4n) is 1.70. The molecule has 3 rings (SSSR count). The molecule has 0 unspecified atom stereocenters. The maximum atomic E-state index is 11.7. The first-order valence-corrected chi connectivity index (χ1v) is 6.60. The first kappa shape index (κ1) is 11.8. The molecule has 1 aromatic carbocycles. The minimum atomic E-state index is -0.440. The molecule has 94 valence electrons. The van der Waals surface area contributed by atoms with E-state index in [9.17, 15) is 4.79 Å². The molecule has 0 spiro atoms. The van der Waals surface area contributed by atoms with Crippen molar-refractivity contribution in [1.82, 2.24) is 4.98 Å². The molecule has 0 fully saturated rings. The molecule has 1 aliphatic heterocycles. The van der Waals surface area contributed by atoms with Gasteiger partial charge in [-0.1, -0.05) is 18.2 Å². The first-order chi connectivity index (χ1) is 9.22. The topological polar surface area (TPSA) is 51.6 Å². The lowest BCUT2D eigenvalue weighted by molar-refractivity contribution is -0.129. The fourth-order valence-corrected chi connectivity index (χ4v) is 2.27. The van der Waals surface area contributed by atoms with Crippen molar-refractivity contribution in [2.24, 2.45) is 4.99 Å². The Hall–Kier alpha value is -2.27. The monoisotopic (exact) mass is 270 g/mol. The number of benzene rings is 1. The molecule has 0 radical (unpaired) electrons. The van der Waals surface area contributed by atoms with Crippen LogP contribution in [0.25, 0.3) is 6.08 Å². The van der Waals surface area contributed by atoms with Crippen molar-refractivity contribution in [3.8, 4) is 0 Å². The highest BCUT2D eigenvalue weighted by Crippen LogP contribution is 2.19. The molecule has 4 nitrogen and oxygen atoms in total. The predicted molar refractivity (Wildman–Crippen MR) is 73.9 cm³/mol. The van der Waals surface area contributed by atoms with Gasteiger partial charge in [-0.2, -0.15) is 0 Å². The van der Waals surface area contributed by atoms with Crippen molar-refractivity contribution < 1.29 is 9.53 Å². The summed E-state index contributed by atoms with van der Waals surface area (Å²) in [5.74, 6) is -0.103. The van der Waals surface area contributed by atoms with Gasteiger partial charge in [-0.05, 0) is 25.1 Å². The first-order valence-electron chi connectivity index (χ1n) is 5.72. The summed E-state index contributed by atoms with van der Waals surface area (Å²) in [5, 5.41) is 2.83. The summed E-state index contributed by atoms with van der Waals surface area (Å²) in [6.07, 6.45) is 1.64. The number of rotatable bonds is 2. The van der Waals surface area contributed by atoms with Crippen molar-refractivity contribution in [1.29, 1.82) is 0 Å². The molecule has 0 bridgehead atoms. The highest BCUT2D eigenvalue weighted by molar-refractivity contribution is 7.09. The molecule has 0 N–H and O–H groups in total. The minimum Gasteiger partial charge on any atom is -0.402 e. The Morgan fingerprint density at radius 2 is 2.05 bits per heavy atom. The molecule has 2 heterocycles. The number of esters is 1. The van der Waals surface area contributed by atoms with Gasteiger partial charge in [-0.25, -0.2) is 14.8 Å². The molecule has 0 atom stereocenters. The van der Waals surface area contributed by atoms with Crippen LogP contribution in [0.1, 0.15) is 16.3 Å². The van der Waals surface area contributed by atoms with Crippen LogP contribution in [0.2, 0.25) is 0 Å². The van der Waals surface area contributed by atoms with Crippen LogP contribution in [0, 0.1) is 6.92 Å². The van der Waals surface area contributed by atoms with Gasteiger partial charge in [-0.15, -0.1) is 11.3 Å². The summed E-state index contributed by atoms with van der Waals surface area (Å²) in [5.41, 5.74) is 1.80. The standard InChI is InChI=1S/C14H10N2O2S/c1-9-15-11(8-19-9)7-12-14(17)18-13(16-12)10-5-3-2-4-6-10/h2-8H,1H3/b12-7-. The second-order valence-electron chi connectivity index (χ2n) is 3.99. The Labute approximate surface area is 114 Å². The maximum absolute atomic E-state index is 11.7. The molecule has 0 saturated carbocycles. The zero-order valence-corrected chi connectivity index (χ0v) is 11.0. The molecule has 5 heteroatoms. The van der Waals surface area contributed by atoms with E-state index >= 15 is 0 Å². The van der Waals surface area contributed by atoms with Gasteiger partial charge >= 0.3 is 5.97 Å². The number of carbonyl (C=O) groups is 1. The number of thiazole rings is 1. The highest BCUT2D eigenvalue weighted by Gasteiger charge is 2.24. The number of cyclic esters (lactones) is 1. The molecule has 0 amide bonds. The van der Waals surface area contributed by atoms with E-state index in [1.165, 1.54) is 11.3 Å². The van der Waals surface area contributed by atoms with E-state index in [1.54, 1.807) is 6.08 Å². The Kier molecular flexibility index (Phi) is 2.97. The third kappa shape index (κ3) is 2.46. The molecule has 0 aliphatic carbocycles. The van der Waals surface area contributed by atoms with Crippen LogP contribution in [-0.2, 0) is 9.53 Å². The van der Waals surface area contributed by atoms with Gasteiger partial charge in [0.25, 0.3) is 0 Å². The lowest BCUT2D eigenvalue weighted by atomic mass is 10.2. The smallest absolute Gasteiger partial charge is 0.363 e. The summed E-state index contributed by atoms with van der Waals surface area (Å²) >= 11 is 1.53. The number of aryl methyl sites for hydroxylation is 1. The largest absolute Gasteiger partial charge is 0.402 e. The normalized spacial score (nSPS) is 16.6. The highest BCUT2D eigenvalue weighted by atomic mass is 32.1. The second kappa shape index (κ2) is 4.78. The molecule has 1 aromatic heterocycles. The number of aliphatic imine (C=N–C) groups is 1.